The first kappa shape index (κ1) is 15.4. The molecule has 7 heteroatoms. The van der Waals surface area contributed by atoms with Crippen molar-refractivity contribution in [3.63, 3.8) is 0 Å². The predicted octanol–water partition coefficient (Wildman–Crippen LogP) is 3.37. The van der Waals surface area contributed by atoms with Gasteiger partial charge in [-0.2, -0.15) is 5.10 Å². The van der Waals surface area contributed by atoms with E-state index in [9.17, 15) is 4.79 Å². The smallest absolute Gasteiger partial charge is 0.255 e. The summed E-state index contributed by atoms with van der Waals surface area (Å²) in [6.45, 7) is 0.651. The standard InChI is InChI=1S/C16H16ClN3O3/c1-22-14-5-4-11(17)7-12(14)13-8-15(20-19-13)18-16(21)10-3-2-6-23-9-10/h4-5,7-9H,2-3,6H2,1H3,(H2,18,19,20,21). The van der Waals surface area contributed by atoms with Gasteiger partial charge in [0.1, 0.15) is 5.75 Å². The topological polar surface area (TPSA) is 76.2 Å². The van der Waals surface area contributed by atoms with Crippen molar-refractivity contribution in [3.05, 3.63) is 41.1 Å². The number of amides is 1. The van der Waals surface area contributed by atoms with E-state index in [1.54, 1.807) is 31.4 Å². The van der Waals surface area contributed by atoms with Crippen LogP contribution in [0.1, 0.15) is 12.8 Å². The van der Waals surface area contributed by atoms with Gasteiger partial charge in [-0.05, 0) is 31.0 Å². The molecule has 0 atom stereocenters. The maximum atomic E-state index is 12.1. The van der Waals surface area contributed by atoms with E-state index >= 15 is 0 Å². The summed E-state index contributed by atoms with van der Waals surface area (Å²) in [7, 11) is 1.58. The van der Waals surface area contributed by atoms with Crippen LogP contribution in [-0.4, -0.2) is 29.8 Å². The minimum atomic E-state index is -0.208. The number of carbonyl (C=O) groups is 1. The Kier molecular flexibility index (Phi) is 4.52. The number of nitrogens with zero attached hydrogens (tertiary/aromatic N) is 1. The molecule has 0 radical (unpaired) electrons. The molecule has 0 bridgehead atoms. The Bertz CT molecular complexity index is 755. The van der Waals surface area contributed by atoms with Crippen LogP contribution in [-0.2, 0) is 9.53 Å². The predicted molar refractivity (Wildman–Crippen MR) is 87.5 cm³/mol. The first-order valence-electron chi connectivity index (χ1n) is 7.18. The van der Waals surface area contributed by atoms with E-state index < -0.39 is 0 Å². The van der Waals surface area contributed by atoms with Gasteiger partial charge in [0.05, 0.1) is 31.2 Å². The molecule has 0 fully saturated rings. The summed E-state index contributed by atoms with van der Waals surface area (Å²) in [4.78, 5) is 12.1. The van der Waals surface area contributed by atoms with Gasteiger partial charge in [0.2, 0.25) is 0 Å². The minimum absolute atomic E-state index is 0.208. The molecular formula is C16H16ClN3O3. The number of aromatic amines is 1. The molecule has 0 spiro atoms. The molecule has 6 nitrogen and oxygen atoms in total. The molecule has 0 saturated carbocycles. The molecule has 3 rings (SSSR count). The molecule has 1 aliphatic rings. The number of hydrogen-bond donors (Lipinski definition) is 2. The van der Waals surface area contributed by atoms with E-state index in [-0.39, 0.29) is 5.91 Å². The van der Waals surface area contributed by atoms with Crippen LogP contribution in [0, 0.1) is 0 Å². The van der Waals surface area contributed by atoms with Crippen LogP contribution in [0.15, 0.2) is 36.1 Å². The number of benzene rings is 1. The van der Waals surface area contributed by atoms with Gasteiger partial charge in [-0.1, -0.05) is 11.6 Å². The average molecular weight is 334 g/mol. The molecule has 0 aliphatic carbocycles. The number of ether oxygens (including phenoxy) is 2. The number of aromatic nitrogens is 2. The number of carbonyl (C=O) groups excluding carboxylic acids is 1. The number of hydrogen-bond acceptors (Lipinski definition) is 4. The average Bonchev–Trinajstić information content (AvgIpc) is 3.04. The highest BCUT2D eigenvalue weighted by molar-refractivity contribution is 6.31. The molecule has 1 aromatic carbocycles. The van der Waals surface area contributed by atoms with Crippen molar-refractivity contribution in [1.29, 1.82) is 0 Å². The summed E-state index contributed by atoms with van der Waals surface area (Å²) >= 11 is 6.04. The van der Waals surface area contributed by atoms with Crippen LogP contribution in [0.3, 0.4) is 0 Å². The number of methoxy groups -OCH3 is 1. The fraction of sp³-hybridized carbons (Fsp3) is 0.250. The molecule has 23 heavy (non-hydrogen) atoms. The van der Waals surface area contributed by atoms with Gasteiger partial charge in [-0.25, -0.2) is 0 Å². The van der Waals surface area contributed by atoms with Gasteiger partial charge in [0, 0.05) is 16.7 Å². The molecule has 2 heterocycles. The van der Waals surface area contributed by atoms with Gasteiger partial charge in [0.25, 0.3) is 5.91 Å². The van der Waals surface area contributed by atoms with Crippen molar-refractivity contribution in [2.45, 2.75) is 12.8 Å². The van der Waals surface area contributed by atoms with E-state index in [4.69, 9.17) is 21.1 Å². The second-order valence-electron chi connectivity index (χ2n) is 5.08. The maximum absolute atomic E-state index is 12.1. The molecule has 0 unspecified atom stereocenters. The first-order chi connectivity index (χ1) is 11.2. The van der Waals surface area contributed by atoms with E-state index in [0.29, 0.717) is 40.9 Å². The Balaban J connectivity index is 1.79. The van der Waals surface area contributed by atoms with Gasteiger partial charge in [0.15, 0.2) is 5.82 Å². The molecule has 2 aromatic rings. The highest BCUT2D eigenvalue weighted by atomic mass is 35.5. The second kappa shape index (κ2) is 6.75. The fourth-order valence-corrected chi connectivity index (χ4v) is 2.51. The zero-order valence-corrected chi connectivity index (χ0v) is 13.3. The van der Waals surface area contributed by atoms with Crippen molar-refractivity contribution < 1.29 is 14.3 Å². The van der Waals surface area contributed by atoms with Crippen molar-refractivity contribution in [2.75, 3.05) is 19.0 Å². The van der Waals surface area contributed by atoms with E-state index in [1.807, 2.05) is 0 Å². The summed E-state index contributed by atoms with van der Waals surface area (Å²) < 4.78 is 10.5. The van der Waals surface area contributed by atoms with E-state index in [2.05, 4.69) is 15.5 Å². The lowest BCUT2D eigenvalue weighted by atomic mass is 10.1. The van der Waals surface area contributed by atoms with E-state index in [0.717, 1.165) is 12.0 Å². The summed E-state index contributed by atoms with van der Waals surface area (Å²) in [5.41, 5.74) is 2.09. The van der Waals surface area contributed by atoms with Crippen LogP contribution >= 0.6 is 11.6 Å². The lowest BCUT2D eigenvalue weighted by molar-refractivity contribution is -0.113. The number of H-pyrrole nitrogens is 1. The molecule has 120 valence electrons. The summed E-state index contributed by atoms with van der Waals surface area (Å²) in [5, 5.41) is 10.3. The SMILES string of the molecule is COc1ccc(Cl)cc1-c1cc(NC(=O)C2=COCCC2)n[nH]1. The summed E-state index contributed by atoms with van der Waals surface area (Å²) in [6.07, 6.45) is 3.04. The zero-order chi connectivity index (χ0) is 16.2. The molecule has 2 N–H and O–H groups in total. The summed E-state index contributed by atoms with van der Waals surface area (Å²) in [6, 6.07) is 7.03. The van der Waals surface area contributed by atoms with Crippen LogP contribution in [0.5, 0.6) is 5.75 Å². The molecule has 1 aliphatic heterocycles. The van der Waals surface area contributed by atoms with Crippen molar-refractivity contribution in [3.8, 4) is 17.0 Å². The van der Waals surface area contributed by atoms with Gasteiger partial charge < -0.3 is 14.8 Å². The third-order valence-electron chi connectivity index (χ3n) is 3.50. The zero-order valence-electron chi connectivity index (χ0n) is 12.6. The highest BCUT2D eigenvalue weighted by Gasteiger charge is 2.16. The minimum Gasteiger partial charge on any atom is -0.501 e. The van der Waals surface area contributed by atoms with Crippen LogP contribution in [0.2, 0.25) is 5.02 Å². The Morgan fingerprint density at radius 3 is 3.04 bits per heavy atom. The first-order valence-corrected chi connectivity index (χ1v) is 7.56. The number of anilines is 1. The Morgan fingerprint density at radius 1 is 1.43 bits per heavy atom. The lowest BCUT2D eigenvalue weighted by Crippen LogP contribution is -2.17. The fourth-order valence-electron chi connectivity index (χ4n) is 2.34. The number of rotatable bonds is 4. The third-order valence-corrected chi connectivity index (χ3v) is 3.73. The van der Waals surface area contributed by atoms with Gasteiger partial charge in [-0.15, -0.1) is 0 Å². The largest absolute Gasteiger partial charge is 0.501 e. The van der Waals surface area contributed by atoms with Gasteiger partial charge >= 0.3 is 0 Å². The van der Waals surface area contributed by atoms with Gasteiger partial charge in [-0.3, -0.25) is 9.89 Å². The second-order valence-corrected chi connectivity index (χ2v) is 5.52. The van der Waals surface area contributed by atoms with Crippen LogP contribution in [0.4, 0.5) is 5.82 Å². The third kappa shape index (κ3) is 3.48. The Morgan fingerprint density at radius 2 is 2.30 bits per heavy atom. The van der Waals surface area contributed by atoms with Crippen LogP contribution < -0.4 is 10.1 Å². The molecule has 1 amide bonds. The quantitative estimate of drug-likeness (QED) is 0.899. The highest BCUT2D eigenvalue weighted by Crippen LogP contribution is 2.32. The summed E-state index contributed by atoms with van der Waals surface area (Å²) in [5.74, 6) is 0.888. The van der Waals surface area contributed by atoms with E-state index in [1.165, 1.54) is 6.26 Å². The maximum Gasteiger partial charge on any atom is 0.255 e. The normalized spacial score (nSPS) is 13.9. The molecule has 1 aromatic heterocycles. The van der Waals surface area contributed by atoms with Crippen molar-refractivity contribution in [2.24, 2.45) is 0 Å². The number of halogens is 1. The van der Waals surface area contributed by atoms with Crippen molar-refractivity contribution in [1.82, 2.24) is 10.2 Å². The number of nitrogens with one attached hydrogen (secondary N) is 2. The Hall–Kier alpha value is -2.47. The monoisotopic (exact) mass is 333 g/mol. The molecular weight excluding hydrogens is 318 g/mol. The van der Waals surface area contributed by atoms with Crippen LogP contribution in [0.25, 0.3) is 11.3 Å². The lowest BCUT2D eigenvalue weighted by Gasteiger charge is -2.12. The van der Waals surface area contributed by atoms with Crippen molar-refractivity contribution >= 4 is 23.3 Å². The Labute approximate surface area is 138 Å². The molecule has 0 saturated heterocycles.